The van der Waals surface area contributed by atoms with Crippen molar-refractivity contribution in [3.63, 3.8) is 0 Å². The Kier molecular flexibility index (Phi) is 6.87. The van der Waals surface area contributed by atoms with Gasteiger partial charge in [0.15, 0.2) is 5.16 Å². The third-order valence-electron chi connectivity index (χ3n) is 6.54. The summed E-state index contributed by atoms with van der Waals surface area (Å²) in [6.07, 6.45) is 3.66. The maximum atomic E-state index is 12.8. The number of thioether (sulfide) groups is 1. The maximum Gasteiger partial charge on any atom is 0.255 e. The highest BCUT2D eigenvalue weighted by Crippen LogP contribution is 2.28. The molecule has 0 aliphatic heterocycles. The molecule has 0 spiro atoms. The Morgan fingerprint density at radius 3 is 2.50 bits per heavy atom. The Bertz CT molecular complexity index is 1540. The Hall–Kier alpha value is -3.90. The lowest BCUT2D eigenvalue weighted by atomic mass is 10.1. The predicted molar refractivity (Wildman–Crippen MR) is 148 cm³/mol. The van der Waals surface area contributed by atoms with E-state index in [1.165, 1.54) is 11.1 Å². The van der Waals surface area contributed by atoms with Crippen LogP contribution in [0.1, 0.15) is 38.2 Å². The van der Waals surface area contributed by atoms with E-state index in [9.17, 15) is 4.79 Å². The number of benzene rings is 3. The van der Waals surface area contributed by atoms with Crippen LogP contribution in [-0.2, 0) is 12.3 Å². The lowest BCUT2D eigenvalue weighted by molar-refractivity contribution is 0.102. The van der Waals surface area contributed by atoms with Crippen LogP contribution in [0.5, 0.6) is 0 Å². The van der Waals surface area contributed by atoms with Gasteiger partial charge in [-0.2, -0.15) is 0 Å². The van der Waals surface area contributed by atoms with E-state index < -0.39 is 0 Å². The summed E-state index contributed by atoms with van der Waals surface area (Å²) in [5, 5.41) is 3.99. The lowest BCUT2D eigenvalue weighted by Gasteiger charge is -2.12. The summed E-state index contributed by atoms with van der Waals surface area (Å²) in [6.45, 7) is 6.95. The smallest absolute Gasteiger partial charge is 0.255 e. The summed E-state index contributed by atoms with van der Waals surface area (Å²) in [5.74, 6) is 0.652. The van der Waals surface area contributed by atoms with E-state index in [0.717, 1.165) is 50.9 Å². The van der Waals surface area contributed by atoms with E-state index in [4.69, 9.17) is 4.98 Å². The van der Waals surface area contributed by atoms with Gasteiger partial charge in [-0.05, 0) is 72.9 Å². The van der Waals surface area contributed by atoms with Crippen LogP contribution < -0.4 is 5.32 Å². The molecule has 6 heteroatoms. The normalized spacial score (nSPS) is 11.1. The van der Waals surface area contributed by atoms with E-state index in [-0.39, 0.29) is 5.91 Å². The van der Waals surface area contributed by atoms with Crippen molar-refractivity contribution in [1.82, 2.24) is 14.5 Å². The van der Waals surface area contributed by atoms with E-state index in [0.29, 0.717) is 5.56 Å². The first kappa shape index (κ1) is 23.8. The fourth-order valence-corrected chi connectivity index (χ4v) is 5.12. The molecule has 0 aliphatic rings. The Labute approximate surface area is 215 Å². The number of nitrogens with one attached hydrogen (secondary N) is 1. The molecule has 3 aromatic carbocycles. The molecule has 5 aromatic rings. The second-order valence-corrected chi connectivity index (χ2v) is 9.90. The molecule has 5 nitrogen and oxygen atoms in total. The lowest BCUT2D eigenvalue weighted by Crippen LogP contribution is -2.13. The summed E-state index contributed by atoms with van der Waals surface area (Å²) in [7, 11) is 0. The van der Waals surface area contributed by atoms with Crippen LogP contribution in [0.2, 0.25) is 0 Å². The third kappa shape index (κ3) is 5.04. The van der Waals surface area contributed by atoms with Gasteiger partial charge in [-0.25, -0.2) is 4.98 Å². The van der Waals surface area contributed by atoms with Gasteiger partial charge in [0.2, 0.25) is 0 Å². The van der Waals surface area contributed by atoms with Crippen LogP contribution in [0.15, 0.2) is 90.3 Å². The molecule has 0 fully saturated rings. The number of hydrogen-bond donors (Lipinski definition) is 1. The van der Waals surface area contributed by atoms with Gasteiger partial charge in [-0.15, -0.1) is 0 Å². The molecule has 5 rings (SSSR count). The SMILES string of the molecule is Cc1ccccc1Cn1c(SCc2ccc(C(=O)Nc3cccc(C)c3C)cc2)nc2ccncc21. The van der Waals surface area contributed by atoms with E-state index in [2.05, 4.69) is 46.1 Å². The number of rotatable bonds is 7. The first-order valence-corrected chi connectivity index (χ1v) is 12.9. The highest BCUT2D eigenvalue weighted by molar-refractivity contribution is 7.98. The number of carbonyl (C=O) groups is 1. The van der Waals surface area contributed by atoms with Gasteiger partial charge in [0, 0.05) is 23.2 Å². The number of anilines is 1. The van der Waals surface area contributed by atoms with Crippen LogP contribution in [0.3, 0.4) is 0 Å². The average Bonchev–Trinajstić information content (AvgIpc) is 3.24. The molecule has 180 valence electrons. The summed E-state index contributed by atoms with van der Waals surface area (Å²) in [4.78, 5) is 22.0. The Morgan fingerprint density at radius 2 is 1.69 bits per heavy atom. The van der Waals surface area contributed by atoms with Gasteiger partial charge in [-0.3, -0.25) is 9.78 Å². The van der Waals surface area contributed by atoms with Crippen molar-refractivity contribution in [3.05, 3.63) is 119 Å². The summed E-state index contributed by atoms with van der Waals surface area (Å²) in [6, 6.07) is 24.1. The Balaban J connectivity index is 1.31. The maximum absolute atomic E-state index is 12.8. The first-order chi connectivity index (χ1) is 17.5. The molecule has 1 N–H and O–H groups in total. The van der Waals surface area contributed by atoms with Gasteiger partial charge >= 0.3 is 0 Å². The van der Waals surface area contributed by atoms with Crippen molar-refractivity contribution >= 4 is 34.4 Å². The number of aryl methyl sites for hydroxylation is 2. The zero-order chi connectivity index (χ0) is 25.1. The van der Waals surface area contributed by atoms with Crippen LogP contribution in [0.25, 0.3) is 11.0 Å². The van der Waals surface area contributed by atoms with E-state index in [1.54, 1.807) is 18.0 Å². The highest BCUT2D eigenvalue weighted by atomic mass is 32.2. The topological polar surface area (TPSA) is 59.8 Å². The fraction of sp³-hybridized carbons (Fsp3) is 0.167. The zero-order valence-electron chi connectivity index (χ0n) is 20.7. The molecule has 36 heavy (non-hydrogen) atoms. The molecule has 0 bridgehead atoms. The second kappa shape index (κ2) is 10.4. The number of hydrogen-bond acceptors (Lipinski definition) is 4. The predicted octanol–water partition coefficient (Wildman–Crippen LogP) is 6.95. The van der Waals surface area contributed by atoms with Crippen molar-refractivity contribution in [1.29, 1.82) is 0 Å². The van der Waals surface area contributed by atoms with Crippen molar-refractivity contribution in [2.24, 2.45) is 0 Å². The number of amides is 1. The summed E-state index contributed by atoms with van der Waals surface area (Å²) >= 11 is 1.69. The minimum absolute atomic E-state index is 0.101. The fourth-order valence-electron chi connectivity index (χ4n) is 4.15. The number of nitrogens with zero attached hydrogens (tertiary/aromatic N) is 3. The molecule has 1 amide bonds. The van der Waals surface area contributed by atoms with Gasteiger partial charge in [0.05, 0.1) is 23.8 Å². The monoisotopic (exact) mass is 492 g/mol. The van der Waals surface area contributed by atoms with Crippen LogP contribution in [0.4, 0.5) is 5.69 Å². The van der Waals surface area contributed by atoms with Crippen molar-refractivity contribution in [3.8, 4) is 0 Å². The van der Waals surface area contributed by atoms with E-state index >= 15 is 0 Å². The Morgan fingerprint density at radius 1 is 0.917 bits per heavy atom. The molecule has 0 unspecified atom stereocenters. The van der Waals surface area contributed by atoms with Crippen LogP contribution in [0, 0.1) is 20.8 Å². The van der Waals surface area contributed by atoms with E-state index in [1.807, 2.05) is 68.6 Å². The zero-order valence-corrected chi connectivity index (χ0v) is 21.5. The molecule has 0 saturated carbocycles. The number of fused-ring (bicyclic) bond motifs is 1. The summed E-state index contributed by atoms with van der Waals surface area (Å²) < 4.78 is 2.24. The largest absolute Gasteiger partial charge is 0.322 e. The quantitative estimate of drug-likeness (QED) is 0.250. The minimum Gasteiger partial charge on any atom is -0.322 e. The molecular formula is C30H28N4OS. The number of pyridine rings is 1. The van der Waals surface area contributed by atoms with Gasteiger partial charge in [0.25, 0.3) is 5.91 Å². The first-order valence-electron chi connectivity index (χ1n) is 11.9. The van der Waals surface area contributed by atoms with Gasteiger partial charge in [-0.1, -0.05) is 60.3 Å². The highest BCUT2D eigenvalue weighted by Gasteiger charge is 2.14. The van der Waals surface area contributed by atoms with Crippen molar-refractivity contribution in [2.75, 3.05) is 5.32 Å². The van der Waals surface area contributed by atoms with Gasteiger partial charge < -0.3 is 9.88 Å². The van der Waals surface area contributed by atoms with Crippen LogP contribution >= 0.6 is 11.8 Å². The molecule has 0 atom stereocenters. The molecule has 0 aliphatic carbocycles. The molecule has 2 heterocycles. The number of imidazole rings is 1. The molecule has 0 saturated heterocycles. The third-order valence-corrected chi connectivity index (χ3v) is 7.59. The molecule has 0 radical (unpaired) electrons. The second-order valence-electron chi connectivity index (χ2n) is 8.96. The summed E-state index contributed by atoms with van der Waals surface area (Å²) in [5.41, 5.74) is 9.36. The minimum atomic E-state index is -0.101. The average molecular weight is 493 g/mol. The number of carbonyl (C=O) groups excluding carboxylic acids is 1. The molecule has 2 aromatic heterocycles. The van der Waals surface area contributed by atoms with Crippen molar-refractivity contribution < 1.29 is 4.79 Å². The van der Waals surface area contributed by atoms with Gasteiger partial charge in [0.1, 0.15) is 0 Å². The molecular weight excluding hydrogens is 464 g/mol. The van der Waals surface area contributed by atoms with Crippen LogP contribution in [-0.4, -0.2) is 20.4 Å². The standard InChI is InChI=1S/C30H28N4OS/c1-20-8-6-10-26(22(20)3)32-29(35)24-13-11-23(12-14-24)19-36-30-33-27-15-16-31-17-28(27)34(30)18-25-9-5-4-7-21(25)2/h4-17H,18-19H2,1-3H3,(H,32,35). The van der Waals surface area contributed by atoms with Crippen molar-refractivity contribution in [2.45, 2.75) is 38.2 Å². The number of aromatic nitrogens is 3.